The average Bonchev–Trinajstić information content (AvgIpc) is 2.89. The van der Waals surface area contributed by atoms with E-state index in [2.05, 4.69) is 5.32 Å². The number of carbonyl (C=O) groups is 5. The predicted octanol–water partition coefficient (Wildman–Crippen LogP) is -0.910. The first kappa shape index (κ1) is 38.3. The summed E-state index contributed by atoms with van der Waals surface area (Å²) in [5.74, 6) is -4.10. The molecule has 5 amide bonds. The molecule has 0 heterocycles. The Bertz CT molecular complexity index is 1110. The average molecular weight is 921 g/mol. The van der Waals surface area contributed by atoms with Gasteiger partial charge in [0.1, 0.15) is 28.9 Å². The lowest BCUT2D eigenvalue weighted by Gasteiger charge is -2.38. The van der Waals surface area contributed by atoms with E-state index in [0.717, 1.165) is 27.7 Å². The summed E-state index contributed by atoms with van der Waals surface area (Å²) >= 11 is 5.18. The van der Waals surface area contributed by atoms with Crippen molar-refractivity contribution in [3.63, 3.8) is 0 Å². The van der Waals surface area contributed by atoms with Crippen LogP contribution >= 0.6 is 67.8 Å². The molecule has 7 N–H and O–H groups in total. The van der Waals surface area contributed by atoms with Gasteiger partial charge >= 0.3 is 23.6 Å². The maximum Gasteiger partial charge on any atom is 0.323 e. The van der Waals surface area contributed by atoms with Gasteiger partial charge < -0.3 is 36.0 Å². The summed E-state index contributed by atoms with van der Waals surface area (Å²) in [6, 6.07) is 0. The Balaban J connectivity index is 4.58. The third kappa shape index (κ3) is 7.67. The molecule has 1 rings (SSSR count). The van der Waals surface area contributed by atoms with E-state index in [1.165, 1.54) is 0 Å². The van der Waals surface area contributed by atoms with E-state index in [-0.39, 0.29) is 27.6 Å². The smallest absolute Gasteiger partial charge is 0.323 e. The van der Waals surface area contributed by atoms with Gasteiger partial charge in [0.15, 0.2) is 11.4 Å². The van der Waals surface area contributed by atoms with E-state index in [0.29, 0.717) is 0 Å². The number of halogens is 3. The first-order valence-corrected chi connectivity index (χ1v) is 15.3. The Morgan fingerprint density at radius 1 is 0.634 bits per heavy atom. The number of rotatable bonds is 12. The van der Waals surface area contributed by atoms with Crippen molar-refractivity contribution in [1.29, 1.82) is 0 Å². The molecule has 41 heavy (non-hydrogen) atoms. The van der Waals surface area contributed by atoms with Crippen LogP contribution in [0.1, 0.15) is 38.1 Å². The van der Waals surface area contributed by atoms with Gasteiger partial charge in [-0.15, -0.1) is 0 Å². The molecule has 0 bridgehead atoms. The Morgan fingerprint density at radius 2 is 0.951 bits per heavy atom. The molecule has 1 aromatic rings. The summed E-state index contributed by atoms with van der Waals surface area (Å²) in [5.41, 5.74) is -0.523. The van der Waals surface area contributed by atoms with E-state index in [1.54, 1.807) is 67.8 Å². The van der Waals surface area contributed by atoms with Crippen molar-refractivity contribution < 1.29 is 54.6 Å². The SMILES string of the molecule is CC(=O)[N+](CC(O)CO)(C(C)=O)c1c(I)c(C(=O)NCC(O)CO)c(I)c([N+](CC(O)CO)(C(C)=O)C(C)=O)c1I. The van der Waals surface area contributed by atoms with E-state index < -0.39 is 96.3 Å². The quantitative estimate of drug-likeness (QED) is 0.101. The van der Waals surface area contributed by atoms with Crippen LogP contribution in [0.3, 0.4) is 0 Å². The van der Waals surface area contributed by atoms with Crippen molar-refractivity contribution in [3.05, 3.63) is 16.3 Å². The molecule has 0 aliphatic rings. The molecule has 3 atom stereocenters. The highest BCUT2D eigenvalue weighted by Gasteiger charge is 2.54. The lowest BCUT2D eigenvalue weighted by atomic mass is 10.0. The van der Waals surface area contributed by atoms with Crippen LogP contribution in [0.4, 0.5) is 11.4 Å². The fourth-order valence-electron chi connectivity index (χ4n) is 4.39. The molecule has 0 aromatic heterocycles. The molecular formula is C24H34I3N3O11+2. The zero-order chi connectivity index (χ0) is 32.0. The van der Waals surface area contributed by atoms with Gasteiger partial charge in [-0.1, -0.05) is 0 Å². The van der Waals surface area contributed by atoms with Crippen molar-refractivity contribution in [2.75, 3.05) is 39.5 Å². The third-order valence-corrected chi connectivity index (χ3v) is 9.63. The predicted molar refractivity (Wildman–Crippen MR) is 172 cm³/mol. The fourth-order valence-corrected chi connectivity index (χ4v) is 9.69. The van der Waals surface area contributed by atoms with Gasteiger partial charge in [0.2, 0.25) is 0 Å². The standard InChI is InChI=1S/C24H33I3N3O11/c1-11(34)29(12(2)35,6-16(39)9-32)22-19(25)18(24(41)28-5-15(38)8-31)20(26)23(21(22)27)30(13(3)36,14(4)37)7-17(40)10-33/h15-17,31-33,38-40H,5-10H2,1-4H3/q+1/p+1. The Kier molecular flexibility index (Phi) is 14.8. The Morgan fingerprint density at radius 3 is 1.22 bits per heavy atom. The minimum atomic E-state index is -1.58. The highest BCUT2D eigenvalue weighted by atomic mass is 127. The number of hydrogen-bond donors (Lipinski definition) is 7. The summed E-state index contributed by atoms with van der Waals surface area (Å²) in [4.78, 5) is 66.8. The number of imide groups is 2. The molecule has 230 valence electrons. The number of hydrogen-bond acceptors (Lipinski definition) is 11. The number of benzene rings is 1. The molecule has 0 radical (unpaired) electrons. The van der Waals surface area contributed by atoms with E-state index in [1.807, 2.05) is 0 Å². The highest BCUT2D eigenvalue weighted by Crippen LogP contribution is 2.47. The van der Waals surface area contributed by atoms with Crippen LogP contribution in [0.5, 0.6) is 0 Å². The van der Waals surface area contributed by atoms with Crippen molar-refractivity contribution >= 4 is 109 Å². The van der Waals surface area contributed by atoms with Gasteiger partial charge in [-0.05, 0) is 67.8 Å². The van der Waals surface area contributed by atoms with E-state index in [4.69, 9.17) is 0 Å². The molecule has 17 heteroatoms. The molecule has 0 saturated carbocycles. The number of quaternary nitrogens is 2. The zero-order valence-electron chi connectivity index (χ0n) is 22.7. The van der Waals surface area contributed by atoms with Gasteiger partial charge in [-0.25, -0.2) is 19.2 Å². The van der Waals surface area contributed by atoms with Crippen molar-refractivity contribution in [1.82, 2.24) is 14.3 Å². The van der Waals surface area contributed by atoms with Crippen LogP contribution in [0.25, 0.3) is 0 Å². The van der Waals surface area contributed by atoms with Crippen LogP contribution in [-0.2, 0) is 19.2 Å². The molecule has 1 aromatic carbocycles. The van der Waals surface area contributed by atoms with Crippen LogP contribution in [-0.4, -0.2) is 118 Å². The molecule has 0 aliphatic carbocycles. The molecule has 0 aliphatic heterocycles. The molecular weight excluding hydrogens is 887 g/mol. The summed E-state index contributed by atoms with van der Waals surface area (Å²) in [6.45, 7) is 0.263. The number of nitrogens with zero attached hydrogens (tertiary/aromatic N) is 2. The first-order valence-electron chi connectivity index (χ1n) is 12.1. The molecule has 14 nitrogen and oxygen atoms in total. The lowest BCUT2D eigenvalue weighted by Crippen LogP contribution is -2.63. The topological polar surface area (TPSA) is 219 Å². The van der Waals surface area contributed by atoms with Crippen molar-refractivity contribution in [2.24, 2.45) is 0 Å². The summed E-state index contributed by atoms with van der Waals surface area (Å²) in [6.07, 6.45) is -4.49. The molecule has 0 spiro atoms. The van der Waals surface area contributed by atoms with Crippen LogP contribution in [0, 0.1) is 10.7 Å². The minimum absolute atomic E-state index is 0.00872. The zero-order valence-corrected chi connectivity index (χ0v) is 29.2. The number of aliphatic hydroxyl groups is 6. The van der Waals surface area contributed by atoms with Crippen LogP contribution in [0.2, 0.25) is 0 Å². The molecule has 0 fully saturated rings. The summed E-state index contributed by atoms with van der Waals surface area (Å²) in [7, 11) is 0. The largest absolute Gasteiger partial charge is 0.394 e. The van der Waals surface area contributed by atoms with Crippen LogP contribution < -0.4 is 14.3 Å². The second-order valence-electron chi connectivity index (χ2n) is 9.29. The third-order valence-electron chi connectivity index (χ3n) is 6.51. The van der Waals surface area contributed by atoms with Gasteiger partial charge in [0, 0.05) is 6.54 Å². The van der Waals surface area contributed by atoms with Crippen molar-refractivity contribution in [2.45, 2.75) is 46.0 Å². The summed E-state index contributed by atoms with van der Waals surface area (Å²) < 4.78 is -2.38. The van der Waals surface area contributed by atoms with E-state index in [9.17, 15) is 54.6 Å². The van der Waals surface area contributed by atoms with Gasteiger partial charge in [-0.2, -0.15) is 8.97 Å². The van der Waals surface area contributed by atoms with Crippen molar-refractivity contribution in [3.8, 4) is 0 Å². The van der Waals surface area contributed by atoms with Gasteiger partial charge in [0.05, 0.1) is 66.3 Å². The van der Waals surface area contributed by atoms with Crippen LogP contribution in [0.15, 0.2) is 0 Å². The Labute approximate surface area is 277 Å². The maximum atomic E-state index is 13.6. The number of carbonyl (C=O) groups excluding carboxylic acids is 5. The summed E-state index contributed by atoms with van der Waals surface area (Å²) in [5, 5.41) is 61.4. The minimum Gasteiger partial charge on any atom is -0.394 e. The Hall–Kier alpha value is -0.760. The normalized spacial score (nSPS) is 14.3. The number of aliphatic hydroxyl groups excluding tert-OH is 6. The monoisotopic (exact) mass is 921 g/mol. The number of nitrogens with one attached hydrogen (secondary N) is 1. The first-order chi connectivity index (χ1) is 18.9. The molecule has 0 saturated heterocycles. The van der Waals surface area contributed by atoms with Gasteiger partial charge in [0.25, 0.3) is 5.91 Å². The van der Waals surface area contributed by atoms with Gasteiger partial charge in [-0.3, -0.25) is 4.79 Å². The molecule has 3 unspecified atom stereocenters. The highest BCUT2D eigenvalue weighted by molar-refractivity contribution is 14.1. The second kappa shape index (κ2) is 15.8. The number of amides is 5. The lowest BCUT2D eigenvalue weighted by molar-refractivity contribution is -0.144. The second-order valence-corrected chi connectivity index (χ2v) is 12.5. The van der Waals surface area contributed by atoms with E-state index >= 15 is 0 Å². The maximum absolute atomic E-state index is 13.6. The fraction of sp³-hybridized carbons (Fsp3) is 0.542.